The molecule has 0 aliphatic carbocycles. The minimum absolute atomic E-state index is 0.0999. The quantitative estimate of drug-likeness (QED) is 0.662. The van der Waals surface area contributed by atoms with Crippen molar-refractivity contribution < 1.29 is 4.74 Å². The van der Waals surface area contributed by atoms with E-state index in [9.17, 15) is 0 Å². The summed E-state index contributed by atoms with van der Waals surface area (Å²) in [5.74, 6) is 0.693. The Morgan fingerprint density at radius 3 is 2.48 bits per heavy atom. The van der Waals surface area contributed by atoms with Crippen LogP contribution >= 0.6 is 39.1 Å². The molecule has 1 N–H and O–H groups in total. The van der Waals surface area contributed by atoms with Crippen LogP contribution in [-0.4, -0.2) is 6.10 Å². The van der Waals surface area contributed by atoms with Crippen molar-refractivity contribution in [3.05, 3.63) is 56.5 Å². The Bertz CT molecular complexity index is 632. The van der Waals surface area contributed by atoms with Gasteiger partial charge in [0.15, 0.2) is 0 Å². The van der Waals surface area contributed by atoms with Gasteiger partial charge < -0.3 is 10.1 Å². The molecule has 5 heteroatoms. The van der Waals surface area contributed by atoms with Crippen molar-refractivity contribution >= 4 is 44.8 Å². The molecular weight excluding hydrogens is 373 g/mol. The van der Waals surface area contributed by atoms with Crippen LogP contribution in [0.2, 0.25) is 10.0 Å². The highest BCUT2D eigenvalue weighted by molar-refractivity contribution is 9.10. The molecule has 0 radical (unpaired) electrons. The first-order chi connectivity index (χ1) is 9.95. The molecule has 0 aliphatic rings. The van der Waals surface area contributed by atoms with Gasteiger partial charge in [-0.2, -0.15) is 0 Å². The molecule has 0 heterocycles. The summed E-state index contributed by atoms with van der Waals surface area (Å²) in [5.41, 5.74) is 1.95. The summed E-state index contributed by atoms with van der Waals surface area (Å²) in [4.78, 5) is 0. The number of hydrogen-bond donors (Lipinski definition) is 1. The van der Waals surface area contributed by atoms with Gasteiger partial charge in [-0.25, -0.2) is 0 Å². The second-order valence-corrected chi connectivity index (χ2v) is 6.63. The van der Waals surface area contributed by atoms with Gasteiger partial charge in [0.2, 0.25) is 0 Å². The van der Waals surface area contributed by atoms with Crippen molar-refractivity contribution in [2.24, 2.45) is 0 Å². The van der Waals surface area contributed by atoms with E-state index in [1.807, 2.05) is 50.2 Å². The van der Waals surface area contributed by atoms with E-state index in [-0.39, 0.29) is 6.10 Å². The lowest BCUT2D eigenvalue weighted by molar-refractivity contribution is 0.242. The lowest BCUT2D eigenvalue weighted by atomic mass is 10.2. The maximum Gasteiger partial charge on any atom is 0.138 e. The molecule has 0 aromatic heterocycles. The molecule has 112 valence electrons. The van der Waals surface area contributed by atoms with E-state index in [2.05, 4.69) is 21.2 Å². The topological polar surface area (TPSA) is 21.3 Å². The molecule has 0 bridgehead atoms. The van der Waals surface area contributed by atoms with Crippen LogP contribution in [0.3, 0.4) is 0 Å². The number of benzene rings is 2. The Balaban J connectivity index is 2.05. The van der Waals surface area contributed by atoms with E-state index in [0.717, 1.165) is 20.7 Å². The first-order valence-corrected chi connectivity index (χ1v) is 8.14. The Labute approximate surface area is 143 Å². The third-order valence-corrected chi connectivity index (χ3v) is 3.93. The highest BCUT2D eigenvalue weighted by Crippen LogP contribution is 2.29. The molecule has 2 aromatic rings. The fraction of sp³-hybridized carbons (Fsp3) is 0.250. The van der Waals surface area contributed by atoms with Gasteiger partial charge in [0.1, 0.15) is 5.75 Å². The molecule has 0 unspecified atom stereocenters. The molecule has 0 saturated heterocycles. The lowest BCUT2D eigenvalue weighted by Crippen LogP contribution is -2.06. The molecule has 2 nitrogen and oxygen atoms in total. The Morgan fingerprint density at radius 1 is 1.10 bits per heavy atom. The summed E-state index contributed by atoms with van der Waals surface area (Å²) in [7, 11) is 0. The minimum atomic E-state index is 0.0999. The minimum Gasteiger partial charge on any atom is -0.489 e. The Morgan fingerprint density at radius 2 is 1.86 bits per heavy atom. The average molecular weight is 389 g/mol. The first-order valence-electron chi connectivity index (χ1n) is 6.59. The van der Waals surface area contributed by atoms with Gasteiger partial charge in [0.05, 0.1) is 11.1 Å². The number of halogens is 3. The van der Waals surface area contributed by atoms with Crippen LogP contribution in [0.25, 0.3) is 0 Å². The van der Waals surface area contributed by atoms with Gasteiger partial charge in [-0.15, -0.1) is 0 Å². The summed E-state index contributed by atoms with van der Waals surface area (Å²) in [6.07, 6.45) is 0.0999. The zero-order valence-corrected chi connectivity index (χ0v) is 14.9. The largest absolute Gasteiger partial charge is 0.489 e. The predicted molar refractivity (Wildman–Crippen MR) is 93.7 cm³/mol. The Hall–Kier alpha value is -0.900. The van der Waals surface area contributed by atoms with Crippen LogP contribution in [0, 0.1) is 0 Å². The fourth-order valence-electron chi connectivity index (χ4n) is 1.82. The molecule has 0 aliphatic heterocycles. The van der Waals surface area contributed by atoms with Crippen molar-refractivity contribution in [2.45, 2.75) is 26.5 Å². The normalized spacial score (nSPS) is 10.8. The SMILES string of the molecule is CC(C)Oc1ccc(NCc2ccc(Br)cc2Cl)cc1Cl. The van der Waals surface area contributed by atoms with Crippen LogP contribution in [0.5, 0.6) is 5.75 Å². The monoisotopic (exact) mass is 387 g/mol. The van der Waals surface area contributed by atoms with E-state index in [1.54, 1.807) is 0 Å². The van der Waals surface area contributed by atoms with Crippen LogP contribution in [0.4, 0.5) is 5.69 Å². The second-order valence-electron chi connectivity index (χ2n) is 4.90. The summed E-state index contributed by atoms with van der Waals surface area (Å²) in [5, 5.41) is 4.62. The number of ether oxygens (including phenoxy) is 1. The average Bonchev–Trinajstić information content (AvgIpc) is 2.40. The van der Waals surface area contributed by atoms with Crippen molar-refractivity contribution in [1.82, 2.24) is 0 Å². The number of rotatable bonds is 5. The van der Waals surface area contributed by atoms with Crippen molar-refractivity contribution in [3.8, 4) is 5.75 Å². The fourth-order valence-corrected chi connectivity index (χ4v) is 2.79. The third kappa shape index (κ3) is 4.80. The number of nitrogens with one attached hydrogen (secondary N) is 1. The van der Waals surface area contributed by atoms with Gasteiger partial charge in [-0.1, -0.05) is 45.2 Å². The van der Waals surface area contributed by atoms with Gasteiger partial charge in [0, 0.05) is 21.7 Å². The summed E-state index contributed by atoms with van der Waals surface area (Å²) >= 11 is 15.8. The maximum atomic E-state index is 6.21. The van der Waals surface area contributed by atoms with E-state index < -0.39 is 0 Å². The van der Waals surface area contributed by atoms with Crippen LogP contribution in [0.15, 0.2) is 40.9 Å². The molecule has 0 atom stereocenters. The second kappa shape index (κ2) is 7.39. The first kappa shape index (κ1) is 16.5. The van der Waals surface area contributed by atoms with Crippen molar-refractivity contribution in [1.29, 1.82) is 0 Å². The Kier molecular flexibility index (Phi) is 5.80. The van der Waals surface area contributed by atoms with Crippen molar-refractivity contribution in [2.75, 3.05) is 5.32 Å². The van der Waals surface area contributed by atoms with Gasteiger partial charge >= 0.3 is 0 Å². The van der Waals surface area contributed by atoms with E-state index >= 15 is 0 Å². The van der Waals surface area contributed by atoms with Crippen LogP contribution in [0.1, 0.15) is 19.4 Å². The zero-order chi connectivity index (χ0) is 15.4. The highest BCUT2D eigenvalue weighted by Gasteiger charge is 2.06. The number of anilines is 1. The summed E-state index contributed by atoms with van der Waals surface area (Å²) in [6.45, 7) is 4.57. The maximum absolute atomic E-state index is 6.21. The van der Waals surface area contributed by atoms with E-state index in [4.69, 9.17) is 27.9 Å². The molecule has 0 fully saturated rings. The summed E-state index contributed by atoms with van der Waals surface area (Å²) < 4.78 is 6.58. The zero-order valence-electron chi connectivity index (χ0n) is 11.8. The third-order valence-electron chi connectivity index (χ3n) is 2.79. The van der Waals surface area contributed by atoms with E-state index in [0.29, 0.717) is 17.3 Å². The van der Waals surface area contributed by atoms with Crippen molar-refractivity contribution in [3.63, 3.8) is 0 Å². The molecule has 21 heavy (non-hydrogen) atoms. The molecule has 2 rings (SSSR count). The van der Waals surface area contributed by atoms with Crippen LogP contribution < -0.4 is 10.1 Å². The highest BCUT2D eigenvalue weighted by atomic mass is 79.9. The molecule has 2 aromatic carbocycles. The molecule has 0 saturated carbocycles. The van der Waals surface area contributed by atoms with Gasteiger partial charge in [-0.05, 0) is 49.7 Å². The molecule has 0 amide bonds. The smallest absolute Gasteiger partial charge is 0.138 e. The van der Waals surface area contributed by atoms with Crippen LogP contribution in [-0.2, 0) is 6.54 Å². The molecular formula is C16H16BrCl2NO. The van der Waals surface area contributed by atoms with E-state index in [1.165, 1.54) is 0 Å². The van der Waals surface area contributed by atoms with Gasteiger partial charge in [0.25, 0.3) is 0 Å². The summed E-state index contributed by atoms with van der Waals surface area (Å²) in [6, 6.07) is 11.5. The standard InChI is InChI=1S/C16H16BrCl2NO/c1-10(2)21-16-6-5-13(8-15(16)19)20-9-11-3-4-12(17)7-14(11)18/h3-8,10,20H,9H2,1-2H3. The van der Waals surface area contributed by atoms with Gasteiger partial charge in [-0.3, -0.25) is 0 Å². The predicted octanol–water partition coefficient (Wildman–Crippen LogP) is 6.16. The lowest BCUT2D eigenvalue weighted by Gasteiger charge is -2.13. The number of hydrogen-bond acceptors (Lipinski definition) is 2. The molecule has 0 spiro atoms.